The Bertz CT molecular complexity index is 348. The second kappa shape index (κ2) is 6.30. The first kappa shape index (κ1) is 15.6. The quantitative estimate of drug-likeness (QED) is 0.820. The van der Waals surface area contributed by atoms with Crippen molar-refractivity contribution in [3.8, 4) is 0 Å². The van der Waals surface area contributed by atoms with Gasteiger partial charge in [-0.1, -0.05) is 6.42 Å². The van der Waals surface area contributed by atoms with Gasteiger partial charge in [-0.15, -0.1) is 0 Å². The number of hydrogen-bond donors (Lipinski definition) is 2. The lowest BCUT2D eigenvalue weighted by molar-refractivity contribution is -0.139. The van der Waals surface area contributed by atoms with Crippen LogP contribution in [0, 0.1) is 0 Å². The zero-order valence-electron chi connectivity index (χ0n) is 11.7. The Morgan fingerprint density at radius 2 is 2.05 bits per heavy atom. The van der Waals surface area contributed by atoms with Crippen LogP contribution < -0.4 is 10.6 Å². The summed E-state index contributed by atoms with van der Waals surface area (Å²) in [6.45, 7) is 2.46. The largest absolute Gasteiger partial charge is 0.405 e. The second-order valence-electron chi connectivity index (χ2n) is 5.72. The van der Waals surface area contributed by atoms with Gasteiger partial charge in [-0.2, -0.15) is 13.2 Å². The Morgan fingerprint density at radius 1 is 1.30 bits per heavy atom. The molecule has 0 saturated carbocycles. The molecule has 2 aliphatic heterocycles. The molecule has 2 fully saturated rings. The number of halogens is 3. The van der Waals surface area contributed by atoms with E-state index in [4.69, 9.17) is 0 Å². The van der Waals surface area contributed by atoms with Crippen LogP contribution in [0.15, 0.2) is 0 Å². The van der Waals surface area contributed by atoms with Gasteiger partial charge in [-0.3, -0.25) is 9.69 Å². The molecule has 3 atom stereocenters. The topological polar surface area (TPSA) is 44.4 Å². The summed E-state index contributed by atoms with van der Waals surface area (Å²) < 4.78 is 36.2. The first-order valence-corrected chi connectivity index (χ1v) is 7.21. The highest BCUT2D eigenvalue weighted by molar-refractivity contribution is 5.81. The summed E-state index contributed by atoms with van der Waals surface area (Å²) in [5.41, 5.74) is 0. The van der Waals surface area contributed by atoms with Crippen LogP contribution >= 0.6 is 0 Å². The van der Waals surface area contributed by atoms with E-state index in [0.29, 0.717) is 6.04 Å². The van der Waals surface area contributed by atoms with Crippen LogP contribution in [0.5, 0.6) is 0 Å². The molecule has 3 unspecified atom stereocenters. The molecular formula is C13H22F3N3O. The van der Waals surface area contributed by atoms with E-state index < -0.39 is 24.7 Å². The Labute approximate surface area is 117 Å². The molecule has 0 aliphatic carbocycles. The van der Waals surface area contributed by atoms with Gasteiger partial charge in [0.05, 0.1) is 6.04 Å². The van der Waals surface area contributed by atoms with E-state index in [-0.39, 0.29) is 6.04 Å². The fourth-order valence-corrected chi connectivity index (χ4v) is 3.18. The summed E-state index contributed by atoms with van der Waals surface area (Å²) in [5.74, 6) is -0.586. The Balaban J connectivity index is 1.79. The Morgan fingerprint density at radius 3 is 2.75 bits per heavy atom. The minimum atomic E-state index is -4.36. The number of hydrogen-bond acceptors (Lipinski definition) is 3. The first-order valence-electron chi connectivity index (χ1n) is 7.21. The van der Waals surface area contributed by atoms with Crippen LogP contribution in [0.3, 0.4) is 0 Å². The zero-order chi connectivity index (χ0) is 14.8. The number of alkyl halides is 3. The van der Waals surface area contributed by atoms with Crippen molar-refractivity contribution in [2.24, 2.45) is 0 Å². The Kier molecular flexibility index (Phi) is 4.90. The molecule has 20 heavy (non-hydrogen) atoms. The summed E-state index contributed by atoms with van der Waals surface area (Å²) in [5, 5.41) is 5.12. The van der Waals surface area contributed by atoms with Crippen LogP contribution in [-0.4, -0.2) is 54.7 Å². The lowest BCUT2D eigenvalue weighted by atomic mass is 9.98. The summed E-state index contributed by atoms with van der Waals surface area (Å²) in [4.78, 5) is 14.1. The third-order valence-corrected chi connectivity index (χ3v) is 4.18. The number of fused-ring (bicyclic) bond motifs is 1. The normalized spacial score (nSPS) is 29.0. The number of nitrogens with zero attached hydrogens (tertiary/aromatic N) is 1. The highest BCUT2D eigenvalue weighted by Crippen LogP contribution is 2.27. The molecule has 0 spiro atoms. The van der Waals surface area contributed by atoms with Crippen LogP contribution in [0.25, 0.3) is 0 Å². The van der Waals surface area contributed by atoms with E-state index >= 15 is 0 Å². The highest BCUT2D eigenvalue weighted by atomic mass is 19.4. The molecule has 0 aromatic heterocycles. The third-order valence-electron chi connectivity index (χ3n) is 4.18. The molecule has 7 heteroatoms. The number of piperidine rings is 1. The van der Waals surface area contributed by atoms with Crippen molar-refractivity contribution in [3.05, 3.63) is 0 Å². The maximum Gasteiger partial charge on any atom is 0.405 e. The van der Waals surface area contributed by atoms with Crippen molar-refractivity contribution in [3.63, 3.8) is 0 Å². The molecule has 2 rings (SSSR count). The fraction of sp³-hybridized carbons (Fsp3) is 0.923. The van der Waals surface area contributed by atoms with Crippen molar-refractivity contribution in [2.45, 2.75) is 56.9 Å². The van der Waals surface area contributed by atoms with E-state index in [0.717, 1.165) is 25.9 Å². The first-order chi connectivity index (χ1) is 9.37. The third kappa shape index (κ3) is 4.09. The minimum absolute atomic E-state index is 0.210. The monoisotopic (exact) mass is 293 g/mol. The van der Waals surface area contributed by atoms with Gasteiger partial charge in [0.1, 0.15) is 6.54 Å². The van der Waals surface area contributed by atoms with Crippen LogP contribution in [0.4, 0.5) is 13.2 Å². The number of nitrogens with one attached hydrogen (secondary N) is 2. The van der Waals surface area contributed by atoms with Gasteiger partial charge >= 0.3 is 6.18 Å². The fourth-order valence-electron chi connectivity index (χ4n) is 3.18. The molecular weight excluding hydrogens is 271 g/mol. The molecule has 1 amide bonds. The summed E-state index contributed by atoms with van der Waals surface area (Å²) in [6.07, 6.45) is 0.109. The zero-order valence-corrected chi connectivity index (χ0v) is 11.7. The van der Waals surface area contributed by atoms with Gasteiger partial charge in [0.25, 0.3) is 0 Å². The predicted molar refractivity (Wildman–Crippen MR) is 69.3 cm³/mol. The number of amides is 1. The summed E-state index contributed by atoms with van der Waals surface area (Å²) in [6, 6.07) is 0.0489. The molecule has 0 radical (unpaired) electrons. The second-order valence-corrected chi connectivity index (χ2v) is 5.72. The summed E-state index contributed by atoms with van der Waals surface area (Å²) in [7, 11) is 0. The van der Waals surface area contributed by atoms with Gasteiger partial charge in [-0.25, -0.2) is 0 Å². The lowest BCUT2D eigenvalue weighted by Crippen LogP contribution is -2.52. The molecule has 2 N–H and O–H groups in total. The predicted octanol–water partition coefficient (Wildman–Crippen LogP) is 1.27. The molecule has 116 valence electrons. The van der Waals surface area contributed by atoms with E-state index in [1.165, 1.54) is 12.8 Å². The van der Waals surface area contributed by atoms with E-state index in [2.05, 4.69) is 10.2 Å². The van der Waals surface area contributed by atoms with Crippen molar-refractivity contribution in [1.82, 2.24) is 15.5 Å². The molecule has 0 aromatic rings. The van der Waals surface area contributed by atoms with Crippen molar-refractivity contribution >= 4 is 5.91 Å². The van der Waals surface area contributed by atoms with Crippen LogP contribution in [-0.2, 0) is 4.79 Å². The number of carbonyl (C=O) groups is 1. The average molecular weight is 293 g/mol. The molecule has 2 heterocycles. The van der Waals surface area contributed by atoms with E-state index in [1.54, 1.807) is 6.92 Å². The number of carbonyl (C=O) groups excluding carboxylic acids is 1. The van der Waals surface area contributed by atoms with Gasteiger partial charge < -0.3 is 10.6 Å². The molecule has 2 aliphatic rings. The summed E-state index contributed by atoms with van der Waals surface area (Å²) >= 11 is 0. The minimum Gasteiger partial charge on any atom is -0.346 e. The van der Waals surface area contributed by atoms with Gasteiger partial charge in [0.15, 0.2) is 0 Å². The average Bonchev–Trinajstić information content (AvgIpc) is 2.78. The van der Waals surface area contributed by atoms with Crippen molar-refractivity contribution in [2.75, 3.05) is 19.6 Å². The molecule has 4 nitrogen and oxygen atoms in total. The maximum absolute atomic E-state index is 12.1. The van der Waals surface area contributed by atoms with Crippen molar-refractivity contribution < 1.29 is 18.0 Å². The maximum atomic E-state index is 12.1. The van der Waals surface area contributed by atoms with Crippen molar-refractivity contribution in [1.29, 1.82) is 0 Å². The van der Waals surface area contributed by atoms with Crippen LogP contribution in [0.2, 0.25) is 0 Å². The SMILES string of the molecule is CC(NC1CCN2CCCCC12)C(=O)NCC(F)(F)F. The Hall–Kier alpha value is -0.820. The number of rotatable bonds is 4. The van der Waals surface area contributed by atoms with E-state index in [9.17, 15) is 18.0 Å². The van der Waals surface area contributed by atoms with Gasteiger partial charge in [-0.05, 0) is 32.7 Å². The lowest BCUT2D eigenvalue weighted by Gasteiger charge is -2.33. The van der Waals surface area contributed by atoms with Gasteiger partial charge in [0.2, 0.25) is 5.91 Å². The molecule has 0 aromatic carbocycles. The van der Waals surface area contributed by atoms with Crippen LogP contribution in [0.1, 0.15) is 32.6 Å². The molecule has 0 bridgehead atoms. The van der Waals surface area contributed by atoms with Gasteiger partial charge in [0, 0.05) is 18.6 Å². The standard InChI is InChI=1S/C13H22F3N3O/c1-9(12(20)17-8-13(14,15)16)18-10-5-7-19-6-3-2-4-11(10)19/h9-11,18H,2-8H2,1H3,(H,17,20). The molecule has 2 saturated heterocycles. The highest BCUT2D eigenvalue weighted by Gasteiger charge is 2.37. The smallest absolute Gasteiger partial charge is 0.346 e. The van der Waals surface area contributed by atoms with E-state index in [1.807, 2.05) is 5.32 Å².